The van der Waals surface area contributed by atoms with Crippen LogP contribution in [-0.2, 0) is 19.5 Å². The number of H-pyrrole nitrogens is 1. The first-order valence-corrected chi connectivity index (χ1v) is 8.63. The second kappa shape index (κ2) is 6.07. The number of fused-ring (bicyclic) bond motifs is 2. The van der Waals surface area contributed by atoms with Crippen LogP contribution < -0.4 is 0 Å². The van der Waals surface area contributed by atoms with Crippen LogP contribution in [0.1, 0.15) is 16.8 Å². The van der Waals surface area contributed by atoms with Crippen molar-refractivity contribution in [2.75, 3.05) is 6.54 Å². The Labute approximate surface area is 149 Å². The second-order valence-electron chi connectivity index (χ2n) is 6.61. The van der Waals surface area contributed by atoms with Crippen molar-refractivity contribution in [3.05, 3.63) is 71.6 Å². The van der Waals surface area contributed by atoms with Gasteiger partial charge in [-0.05, 0) is 35.9 Å². The highest BCUT2D eigenvalue weighted by Crippen LogP contribution is 2.25. The highest BCUT2D eigenvalue weighted by molar-refractivity contribution is 5.83. The van der Waals surface area contributed by atoms with Gasteiger partial charge in [0.2, 0.25) is 0 Å². The summed E-state index contributed by atoms with van der Waals surface area (Å²) in [5.74, 6) is 1.12. The van der Waals surface area contributed by atoms with Crippen molar-refractivity contribution < 1.29 is 8.81 Å². The molecule has 0 spiro atoms. The summed E-state index contributed by atoms with van der Waals surface area (Å²) in [6.45, 7) is 2.54. The molecular formula is C20H17FN4O. The fourth-order valence-electron chi connectivity index (χ4n) is 3.56. The predicted octanol–water partition coefficient (Wildman–Crippen LogP) is 3.92. The Kier molecular flexibility index (Phi) is 3.57. The highest BCUT2D eigenvalue weighted by Gasteiger charge is 2.20. The zero-order chi connectivity index (χ0) is 17.5. The number of hydrogen-bond acceptors (Lipinski definition) is 4. The molecule has 1 aliphatic heterocycles. The number of benzene rings is 1. The van der Waals surface area contributed by atoms with Gasteiger partial charge >= 0.3 is 0 Å². The van der Waals surface area contributed by atoms with Crippen LogP contribution in [0.4, 0.5) is 4.39 Å². The number of aromatic amines is 1. The summed E-state index contributed by atoms with van der Waals surface area (Å²) in [6, 6.07) is 8.60. The molecule has 4 aromatic rings. The lowest BCUT2D eigenvalue weighted by Gasteiger charge is -2.27. The van der Waals surface area contributed by atoms with Crippen LogP contribution in [0.25, 0.3) is 22.5 Å². The van der Waals surface area contributed by atoms with Gasteiger partial charge in [-0.2, -0.15) is 0 Å². The predicted molar refractivity (Wildman–Crippen MR) is 95.8 cm³/mol. The van der Waals surface area contributed by atoms with Crippen LogP contribution in [0.3, 0.4) is 0 Å². The molecule has 6 heteroatoms. The minimum Gasteiger partial charge on any atom is -0.461 e. The van der Waals surface area contributed by atoms with Crippen molar-refractivity contribution in [2.24, 2.45) is 0 Å². The molecule has 0 amide bonds. The summed E-state index contributed by atoms with van der Waals surface area (Å²) in [6.07, 6.45) is 6.38. The second-order valence-corrected chi connectivity index (χ2v) is 6.61. The maximum Gasteiger partial charge on any atom is 0.195 e. The zero-order valence-electron chi connectivity index (χ0n) is 14.1. The fourth-order valence-corrected chi connectivity index (χ4v) is 3.56. The number of rotatable bonds is 3. The lowest BCUT2D eigenvalue weighted by molar-refractivity contribution is 0.244. The maximum atomic E-state index is 13.4. The molecule has 0 saturated heterocycles. The largest absolute Gasteiger partial charge is 0.461 e. The normalized spacial score (nSPS) is 14.7. The molecule has 130 valence electrons. The molecule has 1 aliphatic rings. The molecule has 26 heavy (non-hydrogen) atoms. The Balaban J connectivity index is 1.37. The van der Waals surface area contributed by atoms with Gasteiger partial charge in [-0.15, -0.1) is 0 Å². The number of nitrogens with one attached hydrogen (secondary N) is 1. The lowest BCUT2D eigenvalue weighted by atomic mass is 10.1. The maximum absolute atomic E-state index is 13.4. The van der Waals surface area contributed by atoms with Gasteiger partial charge in [0.1, 0.15) is 5.82 Å². The Morgan fingerprint density at radius 3 is 3.12 bits per heavy atom. The monoisotopic (exact) mass is 348 g/mol. The molecule has 1 aromatic carbocycles. The highest BCUT2D eigenvalue weighted by atomic mass is 19.1. The molecule has 4 heterocycles. The summed E-state index contributed by atoms with van der Waals surface area (Å²) in [5.41, 5.74) is 4.25. The van der Waals surface area contributed by atoms with Crippen LogP contribution in [0.15, 0.2) is 53.4 Å². The first kappa shape index (κ1) is 15.3. The third-order valence-corrected chi connectivity index (χ3v) is 4.88. The molecule has 0 radical (unpaired) electrons. The summed E-state index contributed by atoms with van der Waals surface area (Å²) in [5, 5.41) is 1.07. The van der Waals surface area contributed by atoms with Crippen molar-refractivity contribution in [2.45, 2.75) is 19.5 Å². The van der Waals surface area contributed by atoms with Crippen LogP contribution >= 0.6 is 0 Å². The van der Waals surface area contributed by atoms with Gasteiger partial charge in [-0.25, -0.2) is 14.4 Å². The molecule has 0 unspecified atom stereocenters. The Morgan fingerprint density at radius 1 is 1.27 bits per heavy atom. The van der Waals surface area contributed by atoms with Crippen LogP contribution in [-0.4, -0.2) is 26.4 Å². The molecular weight excluding hydrogens is 331 g/mol. The number of furan rings is 1. The van der Waals surface area contributed by atoms with E-state index in [1.807, 2.05) is 30.6 Å². The van der Waals surface area contributed by atoms with E-state index in [9.17, 15) is 4.39 Å². The molecule has 0 aliphatic carbocycles. The molecule has 1 N–H and O–H groups in total. The molecule has 0 bridgehead atoms. The topological polar surface area (TPSA) is 58.0 Å². The standard InChI is InChI=1S/C20H17FN4O/c21-15-3-4-16-13(9-22-18(16)8-15)11-25-6-5-17-14(12-25)10-23-20(24-17)19-2-1-7-26-19/h1-4,7-10,22H,5-6,11-12H2. The van der Waals surface area contributed by atoms with Gasteiger partial charge in [0.25, 0.3) is 0 Å². The Bertz CT molecular complexity index is 1070. The van der Waals surface area contributed by atoms with Crippen LogP contribution in [0, 0.1) is 5.82 Å². The van der Waals surface area contributed by atoms with Crippen molar-refractivity contribution in [3.63, 3.8) is 0 Å². The Morgan fingerprint density at radius 2 is 2.23 bits per heavy atom. The van der Waals surface area contributed by atoms with Crippen molar-refractivity contribution in [3.8, 4) is 11.6 Å². The minimum atomic E-state index is -0.220. The van der Waals surface area contributed by atoms with E-state index in [-0.39, 0.29) is 5.82 Å². The zero-order valence-corrected chi connectivity index (χ0v) is 14.1. The quantitative estimate of drug-likeness (QED) is 0.610. The van der Waals surface area contributed by atoms with Crippen molar-refractivity contribution in [1.29, 1.82) is 0 Å². The molecule has 5 rings (SSSR count). The molecule has 0 fully saturated rings. The van der Waals surface area contributed by atoms with E-state index in [1.54, 1.807) is 6.26 Å². The summed E-state index contributed by atoms with van der Waals surface area (Å²) >= 11 is 0. The van der Waals surface area contributed by atoms with Gasteiger partial charge in [0, 0.05) is 54.9 Å². The van der Waals surface area contributed by atoms with E-state index in [0.717, 1.165) is 48.2 Å². The summed E-state index contributed by atoms with van der Waals surface area (Å²) in [4.78, 5) is 14.6. The third kappa shape index (κ3) is 2.68. The van der Waals surface area contributed by atoms with E-state index < -0.39 is 0 Å². The van der Waals surface area contributed by atoms with Crippen LogP contribution in [0.5, 0.6) is 0 Å². The third-order valence-electron chi connectivity index (χ3n) is 4.88. The van der Waals surface area contributed by atoms with Crippen LogP contribution in [0.2, 0.25) is 0 Å². The van der Waals surface area contributed by atoms with Gasteiger partial charge in [-0.1, -0.05) is 0 Å². The number of halogens is 1. The molecule has 5 nitrogen and oxygen atoms in total. The van der Waals surface area contributed by atoms with Gasteiger partial charge in [0.05, 0.1) is 12.0 Å². The van der Waals surface area contributed by atoms with E-state index in [0.29, 0.717) is 11.6 Å². The SMILES string of the molecule is Fc1ccc2c(CN3CCc4nc(-c5ccco5)ncc4C3)c[nH]c2c1. The Hall–Kier alpha value is -2.99. The van der Waals surface area contributed by atoms with Gasteiger partial charge < -0.3 is 9.40 Å². The average molecular weight is 348 g/mol. The average Bonchev–Trinajstić information content (AvgIpc) is 3.31. The fraction of sp³-hybridized carbons (Fsp3) is 0.200. The lowest BCUT2D eigenvalue weighted by Crippen LogP contribution is -2.30. The van der Waals surface area contributed by atoms with Gasteiger partial charge in [-0.3, -0.25) is 4.90 Å². The molecule has 0 atom stereocenters. The van der Waals surface area contributed by atoms with E-state index >= 15 is 0 Å². The van der Waals surface area contributed by atoms with E-state index in [2.05, 4.69) is 19.9 Å². The number of hydrogen-bond donors (Lipinski definition) is 1. The number of aromatic nitrogens is 3. The first-order chi connectivity index (χ1) is 12.8. The summed E-state index contributed by atoms with van der Waals surface area (Å²) in [7, 11) is 0. The van der Waals surface area contributed by atoms with Crippen molar-refractivity contribution >= 4 is 10.9 Å². The minimum absolute atomic E-state index is 0.220. The van der Waals surface area contributed by atoms with Crippen molar-refractivity contribution in [1.82, 2.24) is 19.9 Å². The first-order valence-electron chi connectivity index (χ1n) is 8.63. The number of nitrogens with zero attached hydrogens (tertiary/aromatic N) is 3. The van der Waals surface area contributed by atoms with Gasteiger partial charge in [0.15, 0.2) is 11.6 Å². The molecule has 3 aromatic heterocycles. The van der Waals surface area contributed by atoms with E-state index in [1.165, 1.54) is 17.7 Å². The van der Waals surface area contributed by atoms with E-state index in [4.69, 9.17) is 4.42 Å². The summed E-state index contributed by atoms with van der Waals surface area (Å²) < 4.78 is 18.7. The molecule has 0 saturated carbocycles. The smallest absolute Gasteiger partial charge is 0.195 e.